The molecule has 0 saturated carbocycles. The molecule has 144 valence electrons. The van der Waals surface area contributed by atoms with Crippen molar-refractivity contribution in [3.05, 3.63) is 71.0 Å². The number of aryl methyl sites for hydroxylation is 2. The standard InChI is InChI=1S/C19H18N4O4S/c1-22-16-9-8-15(10-17(16)23(2)19(22)24)28(25,26)20-11-14-12-27-18(21-14)13-6-4-3-5-7-13/h3-10,12,20H,11H2,1-2H3. The molecule has 4 rings (SSSR count). The quantitative estimate of drug-likeness (QED) is 0.554. The summed E-state index contributed by atoms with van der Waals surface area (Å²) in [4.78, 5) is 16.4. The summed E-state index contributed by atoms with van der Waals surface area (Å²) in [7, 11) is -0.531. The third kappa shape index (κ3) is 3.14. The van der Waals surface area contributed by atoms with Gasteiger partial charge in [0.2, 0.25) is 15.9 Å². The average Bonchev–Trinajstić information content (AvgIpc) is 3.27. The molecule has 0 saturated heterocycles. The first-order chi connectivity index (χ1) is 13.4. The van der Waals surface area contributed by atoms with Crippen LogP contribution in [0.2, 0.25) is 0 Å². The zero-order valence-electron chi connectivity index (χ0n) is 15.3. The molecule has 0 radical (unpaired) electrons. The summed E-state index contributed by atoms with van der Waals surface area (Å²) < 4.78 is 36.2. The van der Waals surface area contributed by atoms with Crippen LogP contribution in [-0.2, 0) is 30.7 Å². The van der Waals surface area contributed by atoms with E-state index in [9.17, 15) is 13.2 Å². The molecule has 9 heteroatoms. The number of rotatable bonds is 5. The fraction of sp³-hybridized carbons (Fsp3) is 0.158. The van der Waals surface area contributed by atoms with Crippen LogP contribution in [0.5, 0.6) is 0 Å². The lowest BCUT2D eigenvalue weighted by molar-refractivity contribution is 0.570. The molecule has 0 fully saturated rings. The second kappa shape index (κ2) is 6.77. The van der Waals surface area contributed by atoms with Crippen LogP contribution in [0, 0.1) is 0 Å². The predicted octanol–water partition coefficient (Wildman–Crippen LogP) is 2.01. The number of fused-ring (bicyclic) bond motifs is 1. The number of aromatic nitrogens is 3. The van der Waals surface area contributed by atoms with Gasteiger partial charge in [0.05, 0.1) is 28.2 Å². The Morgan fingerprint density at radius 3 is 2.50 bits per heavy atom. The Kier molecular flexibility index (Phi) is 4.40. The van der Waals surface area contributed by atoms with E-state index in [2.05, 4.69) is 9.71 Å². The molecule has 0 spiro atoms. The van der Waals surface area contributed by atoms with Crippen molar-refractivity contribution in [2.75, 3.05) is 0 Å². The van der Waals surface area contributed by atoms with Crippen molar-refractivity contribution in [1.82, 2.24) is 18.8 Å². The topological polar surface area (TPSA) is 99.1 Å². The normalized spacial score (nSPS) is 11.9. The van der Waals surface area contributed by atoms with Gasteiger partial charge in [-0.1, -0.05) is 18.2 Å². The maximum Gasteiger partial charge on any atom is 0.328 e. The zero-order valence-corrected chi connectivity index (χ0v) is 16.1. The van der Waals surface area contributed by atoms with Gasteiger partial charge in [0.1, 0.15) is 6.26 Å². The number of imidazole rings is 1. The van der Waals surface area contributed by atoms with Crippen LogP contribution in [-0.4, -0.2) is 22.5 Å². The number of benzene rings is 2. The van der Waals surface area contributed by atoms with Gasteiger partial charge in [0.25, 0.3) is 0 Å². The Labute approximate surface area is 161 Å². The summed E-state index contributed by atoms with van der Waals surface area (Å²) in [6, 6.07) is 13.9. The van der Waals surface area contributed by atoms with Gasteiger partial charge in [0, 0.05) is 19.7 Å². The van der Waals surface area contributed by atoms with Gasteiger partial charge in [0.15, 0.2) is 0 Å². The molecule has 4 aromatic rings. The number of oxazole rings is 1. The SMILES string of the molecule is Cn1c(=O)n(C)c2cc(S(=O)(=O)NCc3coc(-c4ccccc4)n3)ccc21. The van der Waals surface area contributed by atoms with Crippen molar-refractivity contribution in [2.24, 2.45) is 14.1 Å². The highest BCUT2D eigenvalue weighted by Gasteiger charge is 2.18. The van der Waals surface area contributed by atoms with Gasteiger partial charge in [-0.3, -0.25) is 9.13 Å². The minimum atomic E-state index is -3.78. The summed E-state index contributed by atoms with van der Waals surface area (Å²) >= 11 is 0. The van der Waals surface area contributed by atoms with E-state index in [-0.39, 0.29) is 17.1 Å². The molecule has 0 aliphatic carbocycles. The molecule has 0 amide bonds. The molecule has 0 bridgehead atoms. The van der Waals surface area contributed by atoms with Crippen LogP contribution in [0.25, 0.3) is 22.5 Å². The van der Waals surface area contributed by atoms with Gasteiger partial charge in [-0.05, 0) is 30.3 Å². The lowest BCUT2D eigenvalue weighted by Gasteiger charge is -2.06. The lowest BCUT2D eigenvalue weighted by Crippen LogP contribution is -2.23. The maximum absolute atomic E-state index is 12.7. The first-order valence-corrected chi connectivity index (χ1v) is 10.00. The number of nitrogens with one attached hydrogen (secondary N) is 1. The molecular weight excluding hydrogens is 380 g/mol. The van der Waals surface area contributed by atoms with E-state index in [0.717, 1.165) is 5.56 Å². The molecule has 0 aliphatic heterocycles. The van der Waals surface area contributed by atoms with E-state index >= 15 is 0 Å². The summed E-state index contributed by atoms with van der Waals surface area (Å²) in [5, 5.41) is 0. The van der Waals surface area contributed by atoms with E-state index in [1.165, 1.54) is 27.5 Å². The highest BCUT2D eigenvalue weighted by Crippen LogP contribution is 2.20. The minimum Gasteiger partial charge on any atom is -0.444 e. The van der Waals surface area contributed by atoms with Crippen LogP contribution < -0.4 is 10.4 Å². The fourth-order valence-corrected chi connectivity index (χ4v) is 4.03. The first-order valence-electron chi connectivity index (χ1n) is 8.52. The Morgan fingerprint density at radius 2 is 1.75 bits per heavy atom. The summed E-state index contributed by atoms with van der Waals surface area (Å²) in [6.07, 6.45) is 1.43. The Morgan fingerprint density at radius 1 is 1.04 bits per heavy atom. The number of hydrogen-bond donors (Lipinski definition) is 1. The van der Waals surface area contributed by atoms with E-state index in [0.29, 0.717) is 22.6 Å². The Balaban J connectivity index is 1.57. The summed E-state index contributed by atoms with van der Waals surface area (Å²) in [6.45, 7) is -0.00950. The van der Waals surface area contributed by atoms with Crippen LogP contribution in [0.1, 0.15) is 5.69 Å². The van der Waals surface area contributed by atoms with Gasteiger partial charge in [-0.2, -0.15) is 0 Å². The van der Waals surface area contributed by atoms with Gasteiger partial charge in [-0.25, -0.2) is 22.9 Å². The van der Waals surface area contributed by atoms with Crippen molar-refractivity contribution in [1.29, 1.82) is 0 Å². The molecule has 28 heavy (non-hydrogen) atoms. The zero-order chi connectivity index (χ0) is 19.9. The van der Waals surface area contributed by atoms with Crippen LogP contribution in [0.15, 0.2) is 68.9 Å². The molecule has 0 aliphatic rings. The van der Waals surface area contributed by atoms with Gasteiger partial charge < -0.3 is 4.42 Å². The number of sulfonamides is 1. The molecule has 8 nitrogen and oxygen atoms in total. The Bertz CT molecular complexity index is 1320. The minimum absolute atomic E-state index is 0.00950. The smallest absolute Gasteiger partial charge is 0.328 e. The van der Waals surface area contributed by atoms with Crippen molar-refractivity contribution in [2.45, 2.75) is 11.4 Å². The number of hydrogen-bond acceptors (Lipinski definition) is 5. The molecule has 2 heterocycles. The van der Waals surface area contributed by atoms with E-state index in [1.807, 2.05) is 30.3 Å². The summed E-state index contributed by atoms with van der Waals surface area (Å²) in [5.41, 5.74) is 2.27. The monoisotopic (exact) mass is 398 g/mol. The molecule has 0 unspecified atom stereocenters. The van der Waals surface area contributed by atoms with Crippen LogP contribution in [0.4, 0.5) is 0 Å². The predicted molar refractivity (Wildman–Crippen MR) is 104 cm³/mol. The Hall–Kier alpha value is -3.17. The molecular formula is C19H18N4O4S. The highest BCUT2D eigenvalue weighted by atomic mass is 32.2. The maximum atomic E-state index is 12.7. The van der Waals surface area contributed by atoms with E-state index in [1.54, 1.807) is 20.2 Å². The second-order valence-corrected chi connectivity index (χ2v) is 8.15. The van der Waals surface area contributed by atoms with Crippen molar-refractivity contribution in [3.63, 3.8) is 0 Å². The third-order valence-electron chi connectivity index (χ3n) is 4.57. The molecule has 2 aromatic heterocycles. The van der Waals surface area contributed by atoms with Crippen molar-refractivity contribution >= 4 is 21.1 Å². The van der Waals surface area contributed by atoms with Gasteiger partial charge in [-0.15, -0.1) is 0 Å². The second-order valence-electron chi connectivity index (χ2n) is 6.39. The lowest BCUT2D eigenvalue weighted by atomic mass is 10.2. The van der Waals surface area contributed by atoms with Crippen LogP contribution >= 0.6 is 0 Å². The van der Waals surface area contributed by atoms with Gasteiger partial charge >= 0.3 is 5.69 Å². The van der Waals surface area contributed by atoms with Crippen molar-refractivity contribution < 1.29 is 12.8 Å². The molecule has 1 N–H and O–H groups in total. The van der Waals surface area contributed by atoms with E-state index < -0.39 is 10.0 Å². The molecule has 0 atom stereocenters. The number of nitrogens with zero attached hydrogens (tertiary/aromatic N) is 3. The largest absolute Gasteiger partial charge is 0.444 e. The van der Waals surface area contributed by atoms with Crippen LogP contribution in [0.3, 0.4) is 0 Å². The summed E-state index contributed by atoms with van der Waals surface area (Å²) in [5.74, 6) is 0.426. The van der Waals surface area contributed by atoms with E-state index in [4.69, 9.17) is 4.42 Å². The fourth-order valence-electron chi connectivity index (χ4n) is 3.01. The third-order valence-corrected chi connectivity index (χ3v) is 5.97. The average molecular weight is 398 g/mol. The first kappa shape index (κ1) is 18.2. The molecule has 2 aromatic carbocycles. The van der Waals surface area contributed by atoms with Crippen molar-refractivity contribution in [3.8, 4) is 11.5 Å². The highest BCUT2D eigenvalue weighted by molar-refractivity contribution is 7.89.